The highest BCUT2D eigenvalue weighted by atomic mass is 15.3. The van der Waals surface area contributed by atoms with Crippen LogP contribution in [-0.2, 0) is 6.54 Å². The van der Waals surface area contributed by atoms with Crippen LogP contribution >= 0.6 is 0 Å². The van der Waals surface area contributed by atoms with Gasteiger partial charge in [-0.05, 0) is 0 Å². The molecule has 0 bridgehead atoms. The second-order valence-corrected chi connectivity index (χ2v) is 4.33. The molecule has 0 aromatic carbocycles. The molecule has 2 rings (SSSR count). The van der Waals surface area contributed by atoms with Gasteiger partial charge in [0, 0.05) is 31.4 Å². The summed E-state index contributed by atoms with van der Waals surface area (Å²) >= 11 is 0. The van der Waals surface area contributed by atoms with E-state index >= 15 is 0 Å². The fourth-order valence-electron chi connectivity index (χ4n) is 1.73. The Morgan fingerprint density at radius 3 is 2.89 bits per heavy atom. The summed E-state index contributed by atoms with van der Waals surface area (Å²) in [6, 6.07) is 2.00. The van der Waals surface area contributed by atoms with E-state index in [1.807, 2.05) is 10.6 Å². The van der Waals surface area contributed by atoms with E-state index < -0.39 is 0 Å². The largest absolute Gasteiger partial charge is 0.366 e. The first-order valence-corrected chi connectivity index (χ1v) is 6.05. The van der Waals surface area contributed by atoms with Crippen molar-refractivity contribution in [3.63, 3.8) is 0 Å². The lowest BCUT2D eigenvalue weighted by Gasteiger charge is -2.10. The van der Waals surface area contributed by atoms with Gasteiger partial charge in [-0.3, -0.25) is 0 Å². The molecule has 7 nitrogen and oxygen atoms in total. The van der Waals surface area contributed by atoms with Gasteiger partial charge in [-0.1, -0.05) is 13.8 Å². The Labute approximate surface area is 111 Å². The van der Waals surface area contributed by atoms with Crippen molar-refractivity contribution in [1.29, 1.82) is 5.26 Å². The highest BCUT2D eigenvalue weighted by Gasteiger charge is 2.08. The molecule has 0 fully saturated rings. The number of rotatable bonds is 5. The van der Waals surface area contributed by atoms with E-state index in [2.05, 4.69) is 39.3 Å². The monoisotopic (exact) mass is 257 g/mol. The molecule has 0 spiro atoms. The third-order valence-electron chi connectivity index (χ3n) is 2.61. The van der Waals surface area contributed by atoms with Crippen molar-refractivity contribution in [2.24, 2.45) is 0 Å². The van der Waals surface area contributed by atoms with Crippen molar-refractivity contribution < 1.29 is 0 Å². The number of aromatic nitrogens is 5. The predicted octanol–water partition coefficient (Wildman–Crippen LogP) is 1.18. The molecule has 0 saturated heterocycles. The van der Waals surface area contributed by atoms with Gasteiger partial charge in [-0.25, -0.2) is 9.97 Å². The van der Waals surface area contributed by atoms with E-state index in [4.69, 9.17) is 5.26 Å². The first-order chi connectivity index (χ1) is 9.22. The van der Waals surface area contributed by atoms with Crippen molar-refractivity contribution in [3.05, 3.63) is 30.2 Å². The van der Waals surface area contributed by atoms with Crippen molar-refractivity contribution in [1.82, 2.24) is 24.7 Å². The molecule has 0 saturated carbocycles. The second-order valence-electron chi connectivity index (χ2n) is 4.33. The maximum atomic E-state index is 8.90. The van der Waals surface area contributed by atoms with E-state index in [-0.39, 0.29) is 0 Å². The van der Waals surface area contributed by atoms with E-state index in [1.54, 1.807) is 12.5 Å². The van der Waals surface area contributed by atoms with Crippen molar-refractivity contribution in [2.45, 2.75) is 26.3 Å². The fourth-order valence-corrected chi connectivity index (χ4v) is 1.73. The average Bonchev–Trinajstić information content (AvgIpc) is 2.88. The number of nitrogens with zero attached hydrogens (tertiary/aromatic N) is 6. The second kappa shape index (κ2) is 5.91. The van der Waals surface area contributed by atoms with E-state index in [9.17, 15) is 0 Å². The normalized spacial score (nSPS) is 10.4. The number of hydrogen-bond donors (Lipinski definition) is 1. The Bertz CT molecular complexity index is 582. The summed E-state index contributed by atoms with van der Waals surface area (Å²) < 4.78 is 1.99. The molecule has 98 valence electrons. The van der Waals surface area contributed by atoms with Crippen LogP contribution in [0.3, 0.4) is 0 Å². The van der Waals surface area contributed by atoms with E-state index in [0.717, 1.165) is 5.82 Å². The third-order valence-corrected chi connectivity index (χ3v) is 2.61. The van der Waals surface area contributed by atoms with Gasteiger partial charge in [0.05, 0.1) is 0 Å². The van der Waals surface area contributed by atoms with E-state index in [1.165, 1.54) is 6.20 Å². The highest BCUT2D eigenvalue weighted by molar-refractivity contribution is 5.46. The Morgan fingerprint density at radius 1 is 1.37 bits per heavy atom. The molecule has 2 heterocycles. The van der Waals surface area contributed by atoms with Crippen LogP contribution in [0.25, 0.3) is 0 Å². The summed E-state index contributed by atoms with van der Waals surface area (Å²) in [6.07, 6.45) is 4.76. The van der Waals surface area contributed by atoms with Crippen LogP contribution in [0.4, 0.5) is 5.82 Å². The fraction of sp³-hybridized carbons (Fsp3) is 0.417. The zero-order valence-electron chi connectivity index (χ0n) is 10.9. The zero-order valence-corrected chi connectivity index (χ0v) is 10.9. The smallest absolute Gasteiger partial charge is 0.182 e. The molecular weight excluding hydrogens is 242 g/mol. The molecular formula is C12H15N7. The average molecular weight is 257 g/mol. The van der Waals surface area contributed by atoms with Crippen LogP contribution in [0.5, 0.6) is 0 Å². The Balaban J connectivity index is 1.97. The Morgan fingerprint density at radius 2 is 2.16 bits per heavy atom. The zero-order chi connectivity index (χ0) is 13.7. The molecule has 7 heteroatoms. The molecule has 2 aromatic heterocycles. The lowest BCUT2D eigenvalue weighted by molar-refractivity contribution is 0.636. The maximum Gasteiger partial charge on any atom is 0.182 e. The summed E-state index contributed by atoms with van der Waals surface area (Å²) in [5.41, 5.74) is 0.301. The molecule has 2 aromatic rings. The van der Waals surface area contributed by atoms with Gasteiger partial charge in [0.15, 0.2) is 11.5 Å². The molecule has 0 unspecified atom stereocenters. The van der Waals surface area contributed by atoms with Crippen molar-refractivity contribution >= 4 is 5.82 Å². The van der Waals surface area contributed by atoms with Crippen LogP contribution in [-0.4, -0.2) is 31.3 Å². The van der Waals surface area contributed by atoms with Crippen LogP contribution in [0.15, 0.2) is 18.7 Å². The van der Waals surface area contributed by atoms with Crippen LogP contribution in [0.1, 0.15) is 31.3 Å². The van der Waals surface area contributed by atoms with Gasteiger partial charge in [0.25, 0.3) is 0 Å². The minimum absolute atomic E-state index is 0.301. The third kappa shape index (κ3) is 3.04. The van der Waals surface area contributed by atoms with Crippen molar-refractivity contribution in [3.8, 4) is 6.07 Å². The van der Waals surface area contributed by atoms with Crippen LogP contribution < -0.4 is 5.32 Å². The number of nitrogens with one attached hydrogen (secondary N) is 1. The van der Waals surface area contributed by atoms with Crippen LogP contribution in [0, 0.1) is 11.3 Å². The summed E-state index contributed by atoms with van der Waals surface area (Å²) in [6.45, 7) is 5.49. The SMILES string of the molecule is CC(C)c1nncn1CCNc1nccnc1C#N. The van der Waals surface area contributed by atoms with Gasteiger partial charge in [0.2, 0.25) is 0 Å². The standard InChI is InChI=1S/C12H15N7/c1-9(2)12-18-17-8-19(12)6-5-16-11-10(7-13)14-3-4-15-11/h3-4,8-9H,5-6H2,1-2H3,(H,15,16). The number of anilines is 1. The molecule has 0 aliphatic heterocycles. The quantitative estimate of drug-likeness (QED) is 0.864. The van der Waals surface area contributed by atoms with Gasteiger partial charge < -0.3 is 9.88 Å². The summed E-state index contributed by atoms with van der Waals surface area (Å²) in [7, 11) is 0. The molecule has 1 N–H and O–H groups in total. The molecule has 0 atom stereocenters. The first-order valence-electron chi connectivity index (χ1n) is 6.05. The van der Waals surface area contributed by atoms with Gasteiger partial charge in [-0.15, -0.1) is 10.2 Å². The predicted molar refractivity (Wildman–Crippen MR) is 69.3 cm³/mol. The van der Waals surface area contributed by atoms with E-state index in [0.29, 0.717) is 30.5 Å². The topological polar surface area (TPSA) is 92.3 Å². The molecule has 19 heavy (non-hydrogen) atoms. The molecule has 0 radical (unpaired) electrons. The molecule has 0 aliphatic carbocycles. The first kappa shape index (κ1) is 13.0. The Hall–Kier alpha value is -2.49. The Kier molecular flexibility index (Phi) is 4.03. The van der Waals surface area contributed by atoms with Gasteiger partial charge in [0.1, 0.15) is 18.2 Å². The number of hydrogen-bond acceptors (Lipinski definition) is 6. The van der Waals surface area contributed by atoms with Crippen LogP contribution in [0.2, 0.25) is 0 Å². The summed E-state index contributed by atoms with van der Waals surface area (Å²) in [4.78, 5) is 8.03. The van der Waals surface area contributed by atoms with Gasteiger partial charge >= 0.3 is 0 Å². The maximum absolute atomic E-state index is 8.90. The lowest BCUT2D eigenvalue weighted by Crippen LogP contribution is -2.14. The highest BCUT2D eigenvalue weighted by Crippen LogP contribution is 2.10. The lowest BCUT2D eigenvalue weighted by atomic mass is 10.2. The molecule has 0 amide bonds. The van der Waals surface area contributed by atoms with Crippen molar-refractivity contribution in [2.75, 3.05) is 11.9 Å². The molecule has 0 aliphatic rings. The minimum atomic E-state index is 0.301. The summed E-state index contributed by atoms with van der Waals surface area (Å²) in [5, 5.41) is 20.0. The minimum Gasteiger partial charge on any atom is -0.366 e. The van der Waals surface area contributed by atoms with Gasteiger partial charge in [-0.2, -0.15) is 5.26 Å². The number of nitriles is 1. The summed E-state index contributed by atoms with van der Waals surface area (Å²) in [5.74, 6) is 1.78.